The van der Waals surface area contributed by atoms with Crippen LogP contribution in [0.4, 0.5) is 0 Å². The van der Waals surface area contributed by atoms with Crippen LogP contribution in [0.25, 0.3) is 0 Å². The molecule has 0 aromatic carbocycles. The summed E-state index contributed by atoms with van der Waals surface area (Å²) in [5, 5.41) is 3.67. The zero-order valence-electron chi connectivity index (χ0n) is 11.6. The quantitative estimate of drug-likeness (QED) is 0.840. The summed E-state index contributed by atoms with van der Waals surface area (Å²) in [6, 6.07) is 0. The lowest BCUT2D eigenvalue weighted by Gasteiger charge is -2.31. The maximum Gasteiger partial charge on any atom is 0.265 e. The first kappa shape index (κ1) is 14.9. The molecule has 1 aliphatic heterocycles. The highest BCUT2D eigenvalue weighted by Crippen LogP contribution is 2.21. The number of nitrogens with two attached hydrogens (primary N) is 1. The molecule has 110 valence electrons. The summed E-state index contributed by atoms with van der Waals surface area (Å²) in [5.74, 6) is -0.159. The van der Waals surface area contributed by atoms with Crippen LogP contribution in [-0.2, 0) is 4.79 Å². The molecule has 1 unspecified atom stereocenters. The highest BCUT2D eigenvalue weighted by molar-refractivity contribution is 7.13. The Morgan fingerprint density at radius 2 is 2.40 bits per heavy atom. The van der Waals surface area contributed by atoms with Gasteiger partial charge in [0.05, 0.1) is 17.1 Å². The Morgan fingerprint density at radius 1 is 1.60 bits per heavy atom. The largest absolute Gasteiger partial charge is 0.355 e. The molecule has 7 heteroatoms. The van der Waals surface area contributed by atoms with Crippen LogP contribution in [-0.4, -0.2) is 47.9 Å². The second-order valence-corrected chi connectivity index (χ2v) is 6.15. The molecule has 2 amide bonds. The van der Waals surface area contributed by atoms with Gasteiger partial charge in [0, 0.05) is 26.2 Å². The number of thiazole rings is 1. The SMILES string of the molecule is Cc1ncc(C(=O)N2CCCC(C(=O)NCCN)C2)s1. The summed E-state index contributed by atoms with van der Waals surface area (Å²) in [4.78, 5) is 30.8. The molecule has 0 radical (unpaired) electrons. The number of nitrogens with zero attached hydrogens (tertiary/aromatic N) is 2. The molecule has 0 bridgehead atoms. The maximum absolute atomic E-state index is 12.3. The van der Waals surface area contributed by atoms with Crippen LogP contribution in [0.5, 0.6) is 0 Å². The summed E-state index contributed by atoms with van der Waals surface area (Å²) in [6.07, 6.45) is 3.28. The third-order valence-corrected chi connectivity index (χ3v) is 4.26. The third-order valence-electron chi connectivity index (χ3n) is 3.36. The van der Waals surface area contributed by atoms with Gasteiger partial charge in [-0.3, -0.25) is 9.59 Å². The number of likely N-dealkylation sites (tertiary alicyclic amines) is 1. The molecule has 1 aromatic heterocycles. The Bertz CT molecular complexity index is 488. The fourth-order valence-electron chi connectivity index (χ4n) is 2.33. The third kappa shape index (κ3) is 3.55. The van der Waals surface area contributed by atoms with E-state index in [4.69, 9.17) is 5.73 Å². The molecule has 2 heterocycles. The van der Waals surface area contributed by atoms with Crippen LogP contribution >= 0.6 is 11.3 Å². The van der Waals surface area contributed by atoms with Crippen molar-refractivity contribution in [3.8, 4) is 0 Å². The summed E-state index contributed by atoms with van der Waals surface area (Å²) in [7, 11) is 0. The molecule has 0 spiro atoms. The van der Waals surface area contributed by atoms with Gasteiger partial charge in [-0.1, -0.05) is 0 Å². The zero-order chi connectivity index (χ0) is 14.5. The number of amides is 2. The van der Waals surface area contributed by atoms with Gasteiger partial charge in [-0.15, -0.1) is 11.3 Å². The summed E-state index contributed by atoms with van der Waals surface area (Å²) >= 11 is 1.39. The van der Waals surface area contributed by atoms with E-state index >= 15 is 0 Å². The predicted molar refractivity (Wildman–Crippen MR) is 77.5 cm³/mol. The molecule has 3 N–H and O–H groups in total. The van der Waals surface area contributed by atoms with Crippen LogP contribution in [0.15, 0.2) is 6.20 Å². The predicted octanol–water partition coefficient (Wildman–Crippen LogP) is 0.379. The van der Waals surface area contributed by atoms with Gasteiger partial charge in [0.25, 0.3) is 5.91 Å². The fraction of sp³-hybridized carbons (Fsp3) is 0.615. The van der Waals surface area contributed by atoms with Crippen molar-refractivity contribution < 1.29 is 9.59 Å². The second-order valence-electron chi connectivity index (χ2n) is 4.91. The van der Waals surface area contributed by atoms with Crippen LogP contribution in [0.1, 0.15) is 27.5 Å². The van der Waals surface area contributed by atoms with Gasteiger partial charge in [0.15, 0.2) is 0 Å². The Balaban J connectivity index is 1.96. The average Bonchev–Trinajstić information content (AvgIpc) is 2.90. The van der Waals surface area contributed by atoms with E-state index in [1.807, 2.05) is 6.92 Å². The van der Waals surface area contributed by atoms with Gasteiger partial charge in [-0.25, -0.2) is 4.98 Å². The molecule has 20 heavy (non-hydrogen) atoms. The number of piperidine rings is 1. The summed E-state index contributed by atoms with van der Waals surface area (Å²) < 4.78 is 0. The number of carbonyl (C=O) groups excluding carboxylic acids is 2. The molecular weight excluding hydrogens is 276 g/mol. The van der Waals surface area contributed by atoms with Gasteiger partial charge < -0.3 is 16.0 Å². The first-order valence-electron chi connectivity index (χ1n) is 6.81. The number of hydrogen-bond donors (Lipinski definition) is 2. The zero-order valence-corrected chi connectivity index (χ0v) is 12.4. The first-order chi connectivity index (χ1) is 9.61. The lowest BCUT2D eigenvalue weighted by atomic mass is 9.97. The Kier molecular flexibility index (Phi) is 5.08. The first-order valence-corrected chi connectivity index (χ1v) is 7.63. The number of aromatic nitrogens is 1. The van der Waals surface area contributed by atoms with Crippen molar-refractivity contribution in [1.29, 1.82) is 0 Å². The van der Waals surface area contributed by atoms with Crippen LogP contribution in [0, 0.1) is 12.8 Å². The minimum Gasteiger partial charge on any atom is -0.355 e. The topological polar surface area (TPSA) is 88.3 Å². The molecule has 2 rings (SSSR count). The number of rotatable bonds is 4. The average molecular weight is 296 g/mol. The van der Waals surface area contributed by atoms with Gasteiger partial charge in [-0.05, 0) is 19.8 Å². The highest BCUT2D eigenvalue weighted by Gasteiger charge is 2.29. The Labute approximate surface area is 122 Å². The van der Waals surface area contributed by atoms with E-state index in [2.05, 4.69) is 10.3 Å². The van der Waals surface area contributed by atoms with Gasteiger partial charge >= 0.3 is 0 Å². The number of carbonyl (C=O) groups is 2. The Morgan fingerprint density at radius 3 is 3.05 bits per heavy atom. The van der Waals surface area contributed by atoms with Crippen molar-refractivity contribution in [2.75, 3.05) is 26.2 Å². The van der Waals surface area contributed by atoms with E-state index in [1.54, 1.807) is 11.1 Å². The molecule has 1 atom stereocenters. The lowest BCUT2D eigenvalue weighted by molar-refractivity contribution is -0.126. The molecule has 1 saturated heterocycles. The van der Waals surface area contributed by atoms with Crippen LogP contribution in [0.3, 0.4) is 0 Å². The smallest absolute Gasteiger partial charge is 0.265 e. The number of hydrogen-bond acceptors (Lipinski definition) is 5. The minimum absolute atomic E-state index is 0.00608. The summed E-state index contributed by atoms with van der Waals surface area (Å²) in [6.45, 7) is 3.97. The molecule has 1 fully saturated rings. The van der Waals surface area contributed by atoms with Gasteiger partial charge in [0.2, 0.25) is 5.91 Å². The van der Waals surface area contributed by atoms with E-state index < -0.39 is 0 Å². The van der Waals surface area contributed by atoms with Crippen molar-refractivity contribution in [2.45, 2.75) is 19.8 Å². The molecule has 1 aliphatic rings. The van der Waals surface area contributed by atoms with Crippen LogP contribution in [0.2, 0.25) is 0 Å². The fourth-order valence-corrected chi connectivity index (χ4v) is 3.08. The maximum atomic E-state index is 12.3. The normalized spacial score (nSPS) is 18.9. The molecule has 1 aromatic rings. The van der Waals surface area contributed by atoms with Crippen molar-refractivity contribution in [1.82, 2.24) is 15.2 Å². The van der Waals surface area contributed by atoms with E-state index in [-0.39, 0.29) is 17.7 Å². The minimum atomic E-state index is -0.131. The summed E-state index contributed by atoms with van der Waals surface area (Å²) in [5.41, 5.74) is 5.38. The molecule has 6 nitrogen and oxygen atoms in total. The van der Waals surface area contributed by atoms with Crippen molar-refractivity contribution in [3.63, 3.8) is 0 Å². The Hall–Kier alpha value is -1.47. The van der Waals surface area contributed by atoms with Crippen LogP contribution < -0.4 is 11.1 Å². The molecule has 0 aliphatic carbocycles. The van der Waals surface area contributed by atoms with Crippen molar-refractivity contribution in [2.24, 2.45) is 11.7 Å². The van der Waals surface area contributed by atoms with Crippen molar-refractivity contribution >= 4 is 23.2 Å². The van der Waals surface area contributed by atoms with Gasteiger partial charge in [0.1, 0.15) is 4.88 Å². The van der Waals surface area contributed by atoms with E-state index in [1.165, 1.54) is 11.3 Å². The second kappa shape index (κ2) is 6.81. The van der Waals surface area contributed by atoms with E-state index in [9.17, 15) is 9.59 Å². The lowest BCUT2D eigenvalue weighted by Crippen LogP contribution is -2.46. The van der Waals surface area contributed by atoms with E-state index in [0.29, 0.717) is 31.1 Å². The van der Waals surface area contributed by atoms with Gasteiger partial charge in [-0.2, -0.15) is 0 Å². The number of aryl methyl sites for hydroxylation is 1. The van der Waals surface area contributed by atoms with Crippen molar-refractivity contribution in [3.05, 3.63) is 16.1 Å². The monoisotopic (exact) mass is 296 g/mol. The number of nitrogens with one attached hydrogen (secondary N) is 1. The molecule has 0 saturated carbocycles. The highest BCUT2D eigenvalue weighted by atomic mass is 32.1. The van der Waals surface area contributed by atoms with E-state index in [0.717, 1.165) is 17.8 Å². The molecular formula is C13H20N4O2S. The standard InChI is InChI=1S/C13H20N4O2S/c1-9-16-7-11(20-9)13(19)17-6-2-3-10(8-17)12(18)15-5-4-14/h7,10H,2-6,8,14H2,1H3,(H,15,18).